The van der Waals surface area contributed by atoms with E-state index in [4.69, 9.17) is 14.2 Å². The maximum absolute atomic E-state index is 11.2. The SMILES string of the molecule is COC(=O)[C@@H](O)[C@@H](OC)[C@H](OC)[C@H](C=O)OC. The van der Waals surface area contributed by atoms with Crippen molar-refractivity contribution >= 4 is 12.3 Å². The van der Waals surface area contributed by atoms with E-state index in [1.54, 1.807) is 0 Å². The molecule has 0 aromatic carbocycles. The van der Waals surface area contributed by atoms with Crippen molar-refractivity contribution in [1.82, 2.24) is 0 Å². The second-order valence-corrected chi connectivity index (χ2v) is 3.21. The zero-order valence-corrected chi connectivity index (χ0v) is 10.3. The minimum Gasteiger partial charge on any atom is -0.467 e. The Hall–Kier alpha value is -1.02. The van der Waals surface area contributed by atoms with Gasteiger partial charge in [-0.3, -0.25) is 0 Å². The molecule has 17 heavy (non-hydrogen) atoms. The highest BCUT2D eigenvalue weighted by atomic mass is 16.6. The van der Waals surface area contributed by atoms with Gasteiger partial charge in [-0.05, 0) is 0 Å². The van der Waals surface area contributed by atoms with E-state index in [0.717, 1.165) is 7.11 Å². The summed E-state index contributed by atoms with van der Waals surface area (Å²) in [6.45, 7) is 0. The number of carbonyl (C=O) groups excluding carboxylic acids is 2. The average Bonchev–Trinajstić information content (AvgIpc) is 2.37. The van der Waals surface area contributed by atoms with Crippen LogP contribution in [0, 0.1) is 0 Å². The fraction of sp³-hybridized carbons (Fsp3) is 0.800. The fourth-order valence-corrected chi connectivity index (χ4v) is 1.42. The molecule has 0 saturated heterocycles. The summed E-state index contributed by atoms with van der Waals surface area (Å²) in [5.74, 6) is -0.875. The zero-order valence-electron chi connectivity index (χ0n) is 10.3. The maximum Gasteiger partial charge on any atom is 0.337 e. The molecule has 4 atom stereocenters. The number of esters is 1. The summed E-state index contributed by atoms with van der Waals surface area (Å²) in [4.78, 5) is 22.0. The maximum atomic E-state index is 11.2. The number of hydrogen-bond donors (Lipinski definition) is 1. The highest BCUT2D eigenvalue weighted by Gasteiger charge is 2.38. The highest BCUT2D eigenvalue weighted by molar-refractivity contribution is 5.75. The number of carbonyl (C=O) groups is 2. The molecule has 0 bridgehead atoms. The van der Waals surface area contributed by atoms with Crippen LogP contribution in [-0.4, -0.2) is 70.2 Å². The molecule has 0 aromatic rings. The van der Waals surface area contributed by atoms with Crippen LogP contribution in [0.5, 0.6) is 0 Å². The van der Waals surface area contributed by atoms with Crippen LogP contribution in [0.4, 0.5) is 0 Å². The summed E-state index contributed by atoms with van der Waals surface area (Å²) in [7, 11) is 5.03. The minimum absolute atomic E-state index is 0.504. The minimum atomic E-state index is -1.56. The van der Waals surface area contributed by atoms with E-state index in [1.807, 2.05) is 0 Å². The van der Waals surface area contributed by atoms with Crippen molar-refractivity contribution in [2.24, 2.45) is 0 Å². The number of aldehydes is 1. The second-order valence-electron chi connectivity index (χ2n) is 3.21. The lowest BCUT2D eigenvalue weighted by molar-refractivity contribution is -0.175. The van der Waals surface area contributed by atoms with Crippen LogP contribution in [-0.2, 0) is 28.5 Å². The molecule has 0 saturated carbocycles. The van der Waals surface area contributed by atoms with Gasteiger partial charge in [0.1, 0.15) is 18.3 Å². The summed E-state index contributed by atoms with van der Waals surface area (Å²) in [5.41, 5.74) is 0. The van der Waals surface area contributed by atoms with Gasteiger partial charge < -0.3 is 28.8 Å². The number of methoxy groups -OCH3 is 4. The van der Waals surface area contributed by atoms with E-state index in [-0.39, 0.29) is 0 Å². The first-order valence-corrected chi connectivity index (χ1v) is 4.86. The van der Waals surface area contributed by atoms with Crippen LogP contribution in [0.1, 0.15) is 0 Å². The zero-order chi connectivity index (χ0) is 13.4. The van der Waals surface area contributed by atoms with Gasteiger partial charge in [0.05, 0.1) is 7.11 Å². The monoisotopic (exact) mass is 250 g/mol. The normalized spacial score (nSPS) is 17.9. The Morgan fingerprint density at radius 2 is 1.59 bits per heavy atom. The third kappa shape index (κ3) is 4.04. The molecule has 100 valence electrons. The van der Waals surface area contributed by atoms with Crippen LogP contribution >= 0.6 is 0 Å². The molecule has 0 aliphatic rings. The molecule has 0 aliphatic heterocycles. The molecule has 7 heteroatoms. The predicted octanol–water partition coefficient (Wildman–Crippen LogP) is -1.24. The van der Waals surface area contributed by atoms with Gasteiger partial charge in [-0.2, -0.15) is 0 Å². The summed E-state index contributed by atoms with van der Waals surface area (Å²) in [5, 5.41) is 9.67. The summed E-state index contributed by atoms with van der Waals surface area (Å²) < 4.78 is 19.2. The Labute approximate surface area is 99.6 Å². The van der Waals surface area contributed by atoms with Crippen LogP contribution in [0.2, 0.25) is 0 Å². The average molecular weight is 250 g/mol. The van der Waals surface area contributed by atoms with Gasteiger partial charge in [-0.1, -0.05) is 0 Å². The van der Waals surface area contributed by atoms with Gasteiger partial charge in [0.25, 0.3) is 0 Å². The quantitative estimate of drug-likeness (QED) is 0.425. The molecule has 0 aromatic heterocycles. The van der Waals surface area contributed by atoms with E-state index < -0.39 is 30.4 Å². The lowest BCUT2D eigenvalue weighted by atomic mass is 10.0. The Morgan fingerprint density at radius 3 is 1.88 bits per heavy atom. The largest absolute Gasteiger partial charge is 0.467 e. The summed E-state index contributed by atoms with van der Waals surface area (Å²) >= 11 is 0. The van der Waals surface area contributed by atoms with Crippen LogP contribution in [0.3, 0.4) is 0 Å². The van der Waals surface area contributed by atoms with E-state index in [9.17, 15) is 14.7 Å². The smallest absolute Gasteiger partial charge is 0.337 e. The van der Waals surface area contributed by atoms with Crippen molar-refractivity contribution in [3.63, 3.8) is 0 Å². The van der Waals surface area contributed by atoms with Crippen molar-refractivity contribution in [3.8, 4) is 0 Å². The van der Waals surface area contributed by atoms with E-state index in [2.05, 4.69) is 4.74 Å². The number of aliphatic hydroxyl groups excluding tert-OH is 1. The van der Waals surface area contributed by atoms with Gasteiger partial charge in [0, 0.05) is 21.3 Å². The molecule has 0 unspecified atom stereocenters. The van der Waals surface area contributed by atoms with Crippen molar-refractivity contribution in [3.05, 3.63) is 0 Å². The Morgan fingerprint density at radius 1 is 1.06 bits per heavy atom. The third-order valence-corrected chi connectivity index (χ3v) is 2.35. The molecule has 0 fully saturated rings. The molecule has 0 amide bonds. The van der Waals surface area contributed by atoms with E-state index >= 15 is 0 Å². The van der Waals surface area contributed by atoms with Crippen molar-refractivity contribution in [1.29, 1.82) is 0 Å². The summed E-state index contributed by atoms with van der Waals surface area (Å²) in [6, 6.07) is 0. The van der Waals surface area contributed by atoms with Crippen LogP contribution in [0.25, 0.3) is 0 Å². The van der Waals surface area contributed by atoms with Gasteiger partial charge in [0.15, 0.2) is 12.4 Å². The topological polar surface area (TPSA) is 91.3 Å². The predicted molar refractivity (Wildman–Crippen MR) is 56.5 cm³/mol. The Balaban J connectivity index is 4.91. The van der Waals surface area contributed by atoms with Crippen LogP contribution < -0.4 is 0 Å². The number of hydrogen-bond acceptors (Lipinski definition) is 7. The third-order valence-electron chi connectivity index (χ3n) is 2.35. The van der Waals surface area contributed by atoms with Crippen LogP contribution in [0.15, 0.2) is 0 Å². The number of aliphatic hydroxyl groups is 1. The fourth-order valence-electron chi connectivity index (χ4n) is 1.42. The number of rotatable bonds is 8. The van der Waals surface area contributed by atoms with Gasteiger partial charge in [0.2, 0.25) is 0 Å². The molecule has 0 rings (SSSR count). The van der Waals surface area contributed by atoms with E-state index in [1.165, 1.54) is 21.3 Å². The van der Waals surface area contributed by atoms with E-state index in [0.29, 0.717) is 6.29 Å². The Kier molecular flexibility index (Phi) is 7.64. The first kappa shape index (κ1) is 16.0. The highest BCUT2D eigenvalue weighted by Crippen LogP contribution is 2.14. The van der Waals surface area contributed by atoms with Gasteiger partial charge >= 0.3 is 5.97 Å². The van der Waals surface area contributed by atoms with Gasteiger partial charge in [-0.25, -0.2) is 4.79 Å². The van der Waals surface area contributed by atoms with Crippen molar-refractivity contribution in [2.45, 2.75) is 24.4 Å². The molecule has 0 heterocycles. The number of ether oxygens (including phenoxy) is 4. The molecular weight excluding hydrogens is 232 g/mol. The molecule has 0 spiro atoms. The van der Waals surface area contributed by atoms with Gasteiger partial charge in [-0.15, -0.1) is 0 Å². The van der Waals surface area contributed by atoms with Crippen molar-refractivity contribution in [2.75, 3.05) is 28.4 Å². The Bertz CT molecular complexity index is 243. The lowest BCUT2D eigenvalue weighted by Gasteiger charge is -2.30. The molecular formula is C10H18O7. The molecule has 1 N–H and O–H groups in total. The summed E-state index contributed by atoms with van der Waals surface area (Å²) in [6.07, 6.45) is -4.00. The first-order valence-electron chi connectivity index (χ1n) is 4.86. The lowest BCUT2D eigenvalue weighted by Crippen LogP contribution is -2.51. The van der Waals surface area contributed by atoms with Crippen molar-refractivity contribution < 1.29 is 33.6 Å². The standard InChI is InChI=1S/C10H18O7/c1-14-6(5-11)8(15-2)9(16-3)7(12)10(13)17-4/h5-9,12H,1-4H3/t6-,7-,8+,9+/m0/s1. The first-order chi connectivity index (χ1) is 8.06. The molecule has 0 aliphatic carbocycles. The second kappa shape index (κ2) is 8.13. The molecule has 7 nitrogen and oxygen atoms in total. The molecule has 0 radical (unpaired) electrons.